The van der Waals surface area contributed by atoms with Crippen LogP contribution in [0, 0.1) is 5.82 Å². The van der Waals surface area contributed by atoms with Crippen molar-refractivity contribution in [2.45, 2.75) is 0 Å². The first-order chi connectivity index (χ1) is 12.5. The summed E-state index contributed by atoms with van der Waals surface area (Å²) in [5.74, 6) is 0.839. The summed E-state index contributed by atoms with van der Waals surface area (Å²) in [5.41, 5.74) is 0.762. The zero-order valence-corrected chi connectivity index (χ0v) is 15.1. The number of halogens is 1. The molecule has 0 atom stereocenters. The predicted molar refractivity (Wildman–Crippen MR) is 98.1 cm³/mol. The molecule has 0 spiro atoms. The first-order valence-corrected chi connectivity index (χ1v) is 8.07. The van der Waals surface area contributed by atoms with Gasteiger partial charge < -0.3 is 19.1 Å². The maximum Gasteiger partial charge on any atom is 0.246 e. The van der Waals surface area contributed by atoms with E-state index in [2.05, 4.69) is 0 Å². The SMILES string of the molecule is COc1ccc(/C=C/C(=O)N(C)CCOc2ccccc2F)c(OC)c1. The van der Waals surface area contributed by atoms with Crippen LogP contribution in [0.15, 0.2) is 48.5 Å². The van der Waals surface area contributed by atoms with E-state index in [0.717, 1.165) is 5.56 Å². The monoisotopic (exact) mass is 359 g/mol. The quantitative estimate of drug-likeness (QED) is 0.678. The van der Waals surface area contributed by atoms with Crippen molar-refractivity contribution in [2.75, 3.05) is 34.4 Å². The number of hydrogen-bond acceptors (Lipinski definition) is 4. The lowest BCUT2D eigenvalue weighted by atomic mass is 10.1. The Morgan fingerprint density at radius 3 is 2.58 bits per heavy atom. The molecule has 5 nitrogen and oxygen atoms in total. The van der Waals surface area contributed by atoms with Gasteiger partial charge in [0.25, 0.3) is 0 Å². The second-order valence-corrected chi connectivity index (χ2v) is 5.48. The molecule has 0 fully saturated rings. The van der Waals surface area contributed by atoms with Crippen molar-refractivity contribution >= 4 is 12.0 Å². The van der Waals surface area contributed by atoms with E-state index in [1.807, 2.05) is 6.07 Å². The normalized spacial score (nSPS) is 10.6. The third kappa shape index (κ3) is 5.24. The number of nitrogens with zero attached hydrogens (tertiary/aromatic N) is 1. The molecule has 0 radical (unpaired) electrons. The Morgan fingerprint density at radius 2 is 1.88 bits per heavy atom. The minimum absolute atomic E-state index is 0.173. The Morgan fingerprint density at radius 1 is 1.12 bits per heavy atom. The van der Waals surface area contributed by atoms with Gasteiger partial charge in [-0.3, -0.25) is 4.79 Å². The van der Waals surface area contributed by atoms with Crippen LogP contribution in [0.2, 0.25) is 0 Å². The molecule has 0 aliphatic carbocycles. The molecule has 0 aliphatic heterocycles. The zero-order valence-electron chi connectivity index (χ0n) is 15.1. The molecule has 0 aliphatic rings. The Hall–Kier alpha value is -3.02. The molecule has 0 saturated heterocycles. The van der Waals surface area contributed by atoms with Crippen molar-refractivity contribution in [1.29, 1.82) is 0 Å². The lowest BCUT2D eigenvalue weighted by Crippen LogP contribution is -2.29. The number of amides is 1. The van der Waals surface area contributed by atoms with Gasteiger partial charge in [-0.15, -0.1) is 0 Å². The third-order valence-corrected chi connectivity index (χ3v) is 3.74. The summed E-state index contributed by atoms with van der Waals surface area (Å²) in [6.45, 7) is 0.528. The van der Waals surface area contributed by atoms with Gasteiger partial charge in [-0.2, -0.15) is 0 Å². The van der Waals surface area contributed by atoms with Crippen LogP contribution < -0.4 is 14.2 Å². The largest absolute Gasteiger partial charge is 0.497 e. The number of ether oxygens (including phenoxy) is 3. The predicted octanol–water partition coefficient (Wildman–Crippen LogP) is 3.39. The number of rotatable bonds is 8. The molecule has 0 unspecified atom stereocenters. The third-order valence-electron chi connectivity index (χ3n) is 3.74. The van der Waals surface area contributed by atoms with Crippen molar-refractivity contribution in [1.82, 2.24) is 4.90 Å². The summed E-state index contributed by atoms with van der Waals surface area (Å²) in [7, 11) is 4.79. The molecular weight excluding hydrogens is 337 g/mol. The molecule has 138 valence electrons. The Kier molecular flexibility index (Phi) is 7.02. The number of likely N-dealkylation sites (N-methyl/N-ethyl adjacent to an activating group) is 1. The minimum atomic E-state index is -0.423. The Labute approximate surface area is 152 Å². The molecule has 1 amide bonds. The van der Waals surface area contributed by atoms with E-state index in [4.69, 9.17) is 14.2 Å². The van der Waals surface area contributed by atoms with Crippen molar-refractivity contribution in [3.8, 4) is 17.2 Å². The summed E-state index contributed by atoms with van der Waals surface area (Å²) in [6, 6.07) is 11.5. The van der Waals surface area contributed by atoms with E-state index < -0.39 is 5.82 Å². The van der Waals surface area contributed by atoms with Crippen LogP contribution in [0.5, 0.6) is 17.2 Å². The van der Waals surface area contributed by atoms with E-state index in [9.17, 15) is 9.18 Å². The fraction of sp³-hybridized carbons (Fsp3) is 0.250. The van der Waals surface area contributed by atoms with Crippen LogP contribution in [-0.4, -0.2) is 45.2 Å². The summed E-state index contributed by atoms with van der Waals surface area (Å²) >= 11 is 0. The maximum atomic E-state index is 13.5. The molecule has 2 aromatic rings. The summed E-state index contributed by atoms with van der Waals surface area (Å²) in [5, 5.41) is 0. The maximum absolute atomic E-state index is 13.5. The van der Waals surface area contributed by atoms with Crippen molar-refractivity contribution in [3.05, 3.63) is 59.9 Å². The zero-order chi connectivity index (χ0) is 18.9. The molecular formula is C20H22FNO4. The standard InChI is InChI=1S/C20H22FNO4/c1-22(12-13-26-18-7-5-4-6-17(18)21)20(23)11-9-15-8-10-16(24-2)14-19(15)25-3/h4-11,14H,12-13H2,1-3H3/b11-9+. The number of para-hydroxylation sites is 1. The highest BCUT2D eigenvalue weighted by Gasteiger charge is 2.08. The van der Waals surface area contributed by atoms with Crippen LogP contribution in [0.1, 0.15) is 5.56 Å². The number of hydrogen-bond donors (Lipinski definition) is 0. The summed E-state index contributed by atoms with van der Waals surface area (Å²) in [6.07, 6.45) is 3.13. The highest BCUT2D eigenvalue weighted by Crippen LogP contribution is 2.25. The molecule has 0 aromatic heterocycles. The van der Waals surface area contributed by atoms with E-state index in [1.165, 1.54) is 17.0 Å². The number of methoxy groups -OCH3 is 2. The first-order valence-electron chi connectivity index (χ1n) is 8.07. The van der Waals surface area contributed by atoms with E-state index in [1.54, 1.807) is 57.7 Å². The second kappa shape index (κ2) is 9.46. The van der Waals surface area contributed by atoms with E-state index in [0.29, 0.717) is 18.0 Å². The van der Waals surface area contributed by atoms with Gasteiger partial charge in [0, 0.05) is 24.8 Å². The van der Waals surface area contributed by atoms with Gasteiger partial charge in [0.1, 0.15) is 18.1 Å². The Bertz CT molecular complexity index is 776. The average molecular weight is 359 g/mol. The van der Waals surface area contributed by atoms with Crippen LogP contribution in [0.3, 0.4) is 0 Å². The van der Waals surface area contributed by atoms with Crippen molar-refractivity contribution in [3.63, 3.8) is 0 Å². The average Bonchev–Trinajstić information content (AvgIpc) is 2.67. The van der Waals surface area contributed by atoms with Crippen molar-refractivity contribution < 1.29 is 23.4 Å². The Balaban J connectivity index is 1.90. The lowest BCUT2D eigenvalue weighted by Gasteiger charge is -2.16. The minimum Gasteiger partial charge on any atom is -0.497 e. The molecule has 0 bridgehead atoms. The van der Waals surface area contributed by atoms with Gasteiger partial charge in [-0.25, -0.2) is 4.39 Å². The van der Waals surface area contributed by atoms with Crippen LogP contribution >= 0.6 is 0 Å². The highest BCUT2D eigenvalue weighted by atomic mass is 19.1. The lowest BCUT2D eigenvalue weighted by molar-refractivity contribution is -0.125. The molecule has 2 rings (SSSR count). The van der Waals surface area contributed by atoms with Crippen LogP contribution in [0.4, 0.5) is 4.39 Å². The molecule has 0 N–H and O–H groups in total. The number of carbonyl (C=O) groups excluding carboxylic acids is 1. The van der Waals surface area contributed by atoms with Gasteiger partial charge >= 0.3 is 0 Å². The smallest absolute Gasteiger partial charge is 0.246 e. The van der Waals surface area contributed by atoms with E-state index in [-0.39, 0.29) is 18.3 Å². The van der Waals surface area contributed by atoms with Gasteiger partial charge in [0.2, 0.25) is 5.91 Å². The molecule has 26 heavy (non-hydrogen) atoms. The van der Waals surface area contributed by atoms with Gasteiger partial charge in [0.15, 0.2) is 11.6 Å². The number of benzene rings is 2. The van der Waals surface area contributed by atoms with Crippen LogP contribution in [0.25, 0.3) is 6.08 Å². The van der Waals surface area contributed by atoms with Crippen molar-refractivity contribution in [2.24, 2.45) is 0 Å². The fourth-order valence-corrected chi connectivity index (χ4v) is 2.21. The molecule has 6 heteroatoms. The second-order valence-electron chi connectivity index (χ2n) is 5.48. The number of carbonyl (C=O) groups is 1. The fourth-order valence-electron chi connectivity index (χ4n) is 2.21. The van der Waals surface area contributed by atoms with Gasteiger partial charge in [-0.1, -0.05) is 12.1 Å². The van der Waals surface area contributed by atoms with Crippen LogP contribution in [-0.2, 0) is 4.79 Å². The summed E-state index contributed by atoms with van der Waals surface area (Å²) < 4.78 is 29.3. The van der Waals surface area contributed by atoms with Gasteiger partial charge in [0.05, 0.1) is 20.8 Å². The highest BCUT2D eigenvalue weighted by molar-refractivity contribution is 5.92. The molecule has 0 saturated carbocycles. The summed E-state index contributed by atoms with van der Waals surface area (Å²) in [4.78, 5) is 13.7. The first kappa shape index (κ1) is 19.3. The molecule has 2 aromatic carbocycles. The van der Waals surface area contributed by atoms with E-state index >= 15 is 0 Å². The topological polar surface area (TPSA) is 48.0 Å². The van der Waals surface area contributed by atoms with Gasteiger partial charge in [-0.05, 0) is 30.3 Å². The molecule has 0 heterocycles.